The second-order valence-corrected chi connectivity index (χ2v) is 4.09. The molecule has 1 aromatic carbocycles. The van der Waals surface area contributed by atoms with Gasteiger partial charge in [0.2, 0.25) is 5.91 Å². The van der Waals surface area contributed by atoms with Crippen LogP contribution in [0.2, 0.25) is 0 Å². The molecule has 3 N–H and O–H groups in total. The zero-order chi connectivity index (χ0) is 13.4. The van der Waals surface area contributed by atoms with Crippen molar-refractivity contribution in [3.63, 3.8) is 0 Å². The Balaban J connectivity index is 2.45. The molecule has 1 aromatic rings. The van der Waals surface area contributed by atoms with Gasteiger partial charge in [0.25, 0.3) is 0 Å². The molecular formula is C13H19FN2O2. The number of ether oxygens (including phenoxy) is 1. The molecule has 0 saturated heterocycles. The third-order valence-electron chi connectivity index (χ3n) is 2.57. The summed E-state index contributed by atoms with van der Waals surface area (Å²) >= 11 is 0. The van der Waals surface area contributed by atoms with Gasteiger partial charge in [-0.2, -0.15) is 0 Å². The lowest BCUT2D eigenvalue weighted by atomic mass is 10.1. The number of carbonyl (C=O) groups excluding carboxylic acids is 1. The van der Waals surface area contributed by atoms with Crippen LogP contribution in [-0.2, 0) is 16.0 Å². The van der Waals surface area contributed by atoms with E-state index >= 15 is 0 Å². The molecule has 1 rings (SSSR count). The van der Waals surface area contributed by atoms with Gasteiger partial charge in [-0.25, -0.2) is 4.39 Å². The van der Waals surface area contributed by atoms with Gasteiger partial charge in [-0.3, -0.25) is 4.79 Å². The molecule has 18 heavy (non-hydrogen) atoms. The van der Waals surface area contributed by atoms with Gasteiger partial charge in [-0.15, -0.1) is 0 Å². The first-order valence-corrected chi connectivity index (χ1v) is 5.88. The SMILES string of the molecule is COCCC(CN)NC(=O)Cc1cccc(F)c1. The minimum atomic E-state index is -0.338. The van der Waals surface area contributed by atoms with Gasteiger partial charge in [-0.1, -0.05) is 12.1 Å². The van der Waals surface area contributed by atoms with Crippen LogP contribution in [-0.4, -0.2) is 32.2 Å². The number of nitrogens with two attached hydrogens (primary N) is 1. The summed E-state index contributed by atoms with van der Waals surface area (Å²) in [5.74, 6) is -0.498. The summed E-state index contributed by atoms with van der Waals surface area (Å²) in [5.41, 5.74) is 6.20. The summed E-state index contributed by atoms with van der Waals surface area (Å²) in [6.07, 6.45) is 0.823. The van der Waals surface area contributed by atoms with Gasteiger partial charge in [0, 0.05) is 26.3 Å². The van der Waals surface area contributed by atoms with Crippen LogP contribution in [0.5, 0.6) is 0 Å². The summed E-state index contributed by atoms with van der Waals surface area (Å²) < 4.78 is 17.9. The molecule has 100 valence electrons. The highest BCUT2D eigenvalue weighted by molar-refractivity contribution is 5.78. The number of methoxy groups -OCH3 is 1. The Labute approximate surface area is 106 Å². The lowest BCUT2D eigenvalue weighted by Gasteiger charge is -2.16. The standard InChI is InChI=1S/C13H19FN2O2/c1-18-6-5-12(9-15)16-13(17)8-10-3-2-4-11(14)7-10/h2-4,7,12H,5-6,8-9,15H2,1H3,(H,16,17). The Bertz CT molecular complexity index is 385. The maximum absolute atomic E-state index is 12.9. The Hall–Kier alpha value is -1.46. The number of rotatable bonds is 7. The summed E-state index contributed by atoms with van der Waals surface area (Å²) in [7, 11) is 1.60. The zero-order valence-corrected chi connectivity index (χ0v) is 10.5. The third-order valence-corrected chi connectivity index (χ3v) is 2.57. The minimum Gasteiger partial charge on any atom is -0.385 e. The van der Waals surface area contributed by atoms with Crippen LogP contribution < -0.4 is 11.1 Å². The van der Waals surface area contributed by atoms with E-state index < -0.39 is 0 Å². The molecule has 1 amide bonds. The quantitative estimate of drug-likeness (QED) is 0.758. The molecule has 0 saturated carbocycles. The summed E-state index contributed by atoms with van der Waals surface area (Å²) in [6, 6.07) is 5.90. The number of hydrogen-bond acceptors (Lipinski definition) is 3. The van der Waals surface area contributed by atoms with Crippen molar-refractivity contribution in [3.05, 3.63) is 35.6 Å². The van der Waals surface area contributed by atoms with Gasteiger partial charge in [0.1, 0.15) is 5.82 Å². The topological polar surface area (TPSA) is 64.3 Å². The van der Waals surface area contributed by atoms with E-state index in [0.29, 0.717) is 25.1 Å². The van der Waals surface area contributed by atoms with Gasteiger partial charge in [0.05, 0.1) is 6.42 Å². The molecule has 4 nitrogen and oxygen atoms in total. The van der Waals surface area contributed by atoms with E-state index in [1.807, 2.05) is 0 Å². The highest BCUT2D eigenvalue weighted by atomic mass is 19.1. The van der Waals surface area contributed by atoms with E-state index in [1.54, 1.807) is 19.2 Å². The Morgan fingerprint density at radius 3 is 2.94 bits per heavy atom. The smallest absolute Gasteiger partial charge is 0.224 e. The molecule has 0 spiro atoms. The molecule has 5 heteroatoms. The molecule has 0 fully saturated rings. The molecule has 0 aliphatic heterocycles. The Kier molecular flexibility index (Phi) is 6.32. The van der Waals surface area contributed by atoms with Crippen molar-refractivity contribution in [2.45, 2.75) is 18.9 Å². The fraction of sp³-hybridized carbons (Fsp3) is 0.462. The number of halogens is 1. The predicted molar refractivity (Wildman–Crippen MR) is 67.6 cm³/mol. The number of hydrogen-bond donors (Lipinski definition) is 2. The third kappa shape index (κ3) is 5.25. The molecule has 0 aromatic heterocycles. The summed E-state index contributed by atoms with van der Waals surface area (Å²) in [5, 5.41) is 2.80. The van der Waals surface area contributed by atoms with Crippen molar-refractivity contribution in [3.8, 4) is 0 Å². The van der Waals surface area contributed by atoms with Gasteiger partial charge >= 0.3 is 0 Å². The van der Waals surface area contributed by atoms with E-state index in [1.165, 1.54) is 12.1 Å². The van der Waals surface area contributed by atoms with Crippen LogP contribution >= 0.6 is 0 Å². The fourth-order valence-corrected chi connectivity index (χ4v) is 1.62. The first kappa shape index (κ1) is 14.6. The van der Waals surface area contributed by atoms with Crippen molar-refractivity contribution in [1.29, 1.82) is 0 Å². The van der Waals surface area contributed by atoms with Crippen molar-refractivity contribution in [1.82, 2.24) is 5.32 Å². The van der Waals surface area contributed by atoms with Crippen molar-refractivity contribution in [2.75, 3.05) is 20.3 Å². The van der Waals surface area contributed by atoms with Crippen molar-refractivity contribution < 1.29 is 13.9 Å². The van der Waals surface area contributed by atoms with E-state index in [0.717, 1.165) is 0 Å². The fourth-order valence-electron chi connectivity index (χ4n) is 1.62. The summed E-state index contributed by atoms with van der Waals surface area (Å²) in [6.45, 7) is 0.903. The molecule has 0 heterocycles. The Morgan fingerprint density at radius 2 is 2.33 bits per heavy atom. The van der Waals surface area contributed by atoms with Gasteiger partial charge < -0.3 is 15.8 Å². The van der Waals surface area contributed by atoms with Crippen molar-refractivity contribution >= 4 is 5.91 Å². The van der Waals surface area contributed by atoms with Crippen molar-refractivity contribution in [2.24, 2.45) is 5.73 Å². The normalized spacial score (nSPS) is 12.2. The van der Waals surface area contributed by atoms with E-state index in [2.05, 4.69) is 5.32 Å². The van der Waals surface area contributed by atoms with Gasteiger partial charge in [-0.05, 0) is 24.1 Å². The Morgan fingerprint density at radius 1 is 1.56 bits per heavy atom. The van der Waals surface area contributed by atoms with E-state index in [4.69, 9.17) is 10.5 Å². The first-order valence-electron chi connectivity index (χ1n) is 5.88. The molecule has 0 radical (unpaired) electrons. The van der Waals surface area contributed by atoms with E-state index in [9.17, 15) is 9.18 Å². The minimum absolute atomic E-state index is 0.106. The average molecular weight is 254 g/mol. The van der Waals surface area contributed by atoms with Crippen LogP contribution in [0, 0.1) is 5.82 Å². The molecule has 0 aliphatic rings. The van der Waals surface area contributed by atoms with Gasteiger partial charge in [0.15, 0.2) is 0 Å². The van der Waals surface area contributed by atoms with Crippen LogP contribution in [0.25, 0.3) is 0 Å². The lowest BCUT2D eigenvalue weighted by molar-refractivity contribution is -0.121. The number of amides is 1. The first-order chi connectivity index (χ1) is 8.65. The number of benzene rings is 1. The molecule has 1 atom stereocenters. The zero-order valence-electron chi connectivity index (χ0n) is 10.5. The van der Waals surface area contributed by atoms with Crippen LogP contribution in [0.4, 0.5) is 4.39 Å². The highest BCUT2D eigenvalue weighted by Crippen LogP contribution is 2.04. The molecule has 0 aliphatic carbocycles. The largest absolute Gasteiger partial charge is 0.385 e. The molecule has 1 unspecified atom stereocenters. The highest BCUT2D eigenvalue weighted by Gasteiger charge is 2.11. The lowest BCUT2D eigenvalue weighted by Crippen LogP contribution is -2.41. The number of nitrogens with one attached hydrogen (secondary N) is 1. The van der Waals surface area contributed by atoms with E-state index in [-0.39, 0.29) is 24.2 Å². The van der Waals surface area contributed by atoms with Crippen LogP contribution in [0.1, 0.15) is 12.0 Å². The van der Waals surface area contributed by atoms with Crippen LogP contribution in [0.3, 0.4) is 0 Å². The summed E-state index contributed by atoms with van der Waals surface area (Å²) in [4.78, 5) is 11.7. The maximum Gasteiger partial charge on any atom is 0.224 e. The van der Waals surface area contributed by atoms with Crippen LogP contribution in [0.15, 0.2) is 24.3 Å². The second kappa shape index (κ2) is 7.79. The monoisotopic (exact) mass is 254 g/mol. The maximum atomic E-state index is 12.9. The predicted octanol–water partition coefficient (Wildman–Crippen LogP) is 0.848. The molecular weight excluding hydrogens is 235 g/mol. The molecule has 0 bridgehead atoms. The average Bonchev–Trinajstić information content (AvgIpc) is 2.34. The number of carbonyl (C=O) groups is 1. The second-order valence-electron chi connectivity index (χ2n) is 4.09.